The molecule has 1 aliphatic carbocycles. The van der Waals surface area contributed by atoms with E-state index in [9.17, 15) is 9.59 Å². The van der Waals surface area contributed by atoms with Crippen molar-refractivity contribution in [1.29, 1.82) is 0 Å². The molecule has 2 saturated heterocycles. The van der Waals surface area contributed by atoms with Crippen molar-refractivity contribution in [2.45, 2.75) is 57.9 Å². The van der Waals surface area contributed by atoms with Gasteiger partial charge in [-0.3, -0.25) is 4.79 Å². The van der Waals surface area contributed by atoms with E-state index in [1.807, 2.05) is 24.8 Å². The lowest BCUT2D eigenvalue weighted by atomic mass is 9.64. The zero-order valence-electron chi connectivity index (χ0n) is 16.5. The van der Waals surface area contributed by atoms with E-state index in [1.54, 1.807) is 6.20 Å². The fourth-order valence-electron chi connectivity index (χ4n) is 5.49. The number of nitrogens with one attached hydrogen (secondary N) is 1. The number of carbonyl (C=O) groups is 1. The van der Waals surface area contributed by atoms with Gasteiger partial charge in [-0.05, 0) is 82.0 Å². The Morgan fingerprint density at radius 2 is 2.04 bits per heavy atom. The van der Waals surface area contributed by atoms with E-state index in [4.69, 9.17) is 4.74 Å². The fourth-order valence-corrected chi connectivity index (χ4v) is 5.49. The average molecular weight is 373 g/mol. The summed E-state index contributed by atoms with van der Waals surface area (Å²) in [5, 5.41) is 0. The summed E-state index contributed by atoms with van der Waals surface area (Å²) in [6, 6.07) is 2.65. The first-order valence-electron chi connectivity index (χ1n) is 10.4. The molecule has 0 aromatic carbocycles. The van der Waals surface area contributed by atoms with Gasteiger partial charge in [-0.15, -0.1) is 0 Å². The molecule has 1 spiro atoms. The van der Waals surface area contributed by atoms with E-state index < -0.39 is 0 Å². The molecule has 6 heteroatoms. The van der Waals surface area contributed by atoms with Crippen molar-refractivity contribution in [1.82, 2.24) is 14.8 Å². The Kier molecular flexibility index (Phi) is 5.01. The van der Waals surface area contributed by atoms with E-state index in [-0.39, 0.29) is 11.7 Å². The minimum Gasteiger partial charge on any atom is -0.450 e. The highest BCUT2D eigenvalue weighted by Crippen LogP contribution is 2.51. The lowest BCUT2D eigenvalue weighted by Gasteiger charge is -2.51. The molecule has 3 fully saturated rings. The Morgan fingerprint density at radius 1 is 1.30 bits per heavy atom. The van der Waals surface area contributed by atoms with Gasteiger partial charge in [-0.25, -0.2) is 4.79 Å². The van der Waals surface area contributed by atoms with Crippen LogP contribution in [0.4, 0.5) is 4.79 Å². The molecule has 1 N–H and O–H groups in total. The van der Waals surface area contributed by atoms with Crippen molar-refractivity contribution >= 4 is 6.09 Å². The van der Waals surface area contributed by atoms with Crippen LogP contribution in [-0.4, -0.2) is 59.7 Å². The maximum atomic E-state index is 12.2. The van der Waals surface area contributed by atoms with Gasteiger partial charge in [0.25, 0.3) is 5.56 Å². The van der Waals surface area contributed by atoms with Crippen LogP contribution in [0.3, 0.4) is 0 Å². The number of H-pyrrole nitrogens is 1. The molecule has 3 aliphatic rings. The van der Waals surface area contributed by atoms with Crippen LogP contribution in [0.25, 0.3) is 0 Å². The van der Waals surface area contributed by atoms with Crippen LogP contribution in [-0.2, 0) is 4.74 Å². The highest BCUT2D eigenvalue weighted by molar-refractivity contribution is 5.68. The van der Waals surface area contributed by atoms with Crippen LogP contribution in [0.15, 0.2) is 17.1 Å². The SMILES string of the molecule is CCOC(=O)N1CCC2(CC(N3CCC(c4c(C)cc[nH]c4=O)CC3)C2)C1. The van der Waals surface area contributed by atoms with Gasteiger partial charge in [0.1, 0.15) is 0 Å². The van der Waals surface area contributed by atoms with E-state index in [2.05, 4.69) is 9.88 Å². The normalized spacial score (nSPS) is 29.1. The summed E-state index contributed by atoms with van der Waals surface area (Å²) in [4.78, 5) is 31.5. The fraction of sp³-hybridized carbons (Fsp3) is 0.714. The van der Waals surface area contributed by atoms with E-state index in [1.165, 1.54) is 12.8 Å². The summed E-state index contributed by atoms with van der Waals surface area (Å²) < 4.78 is 5.15. The van der Waals surface area contributed by atoms with Crippen LogP contribution >= 0.6 is 0 Å². The highest BCUT2D eigenvalue weighted by Gasteiger charge is 2.51. The number of pyridine rings is 1. The first-order valence-corrected chi connectivity index (χ1v) is 10.4. The molecule has 4 rings (SSSR count). The van der Waals surface area contributed by atoms with Gasteiger partial charge in [0.05, 0.1) is 6.61 Å². The molecule has 1 saturated carbocycles. The lowest BCUT2D eigenvalue weighted by Crippen LogP contribution is -2.54. The standard InChI is InChI=1S/C21H31N3O3/c1-3-27-20(26)24-11-7-21(14-24)12-17(13-21)23-9-5-16(6-10-23)18-15(2)4-8-22-19(18)25/h4,8,16-17H,3,5-7,9-14H2,1-2H3,(H,22,25). The second kappa shape index (κ2) is 7.30. The first kappa shape index (κ1) is 18.5. The number of nitrogens with zero attached hydrogens (tertiary/aromatic N) is 2. The Hall–Kier alpha value is -1.82. The molecule has 6 nitrogen and oxygen atoms in total. The molecule has 27 heavy (non-hydrogen) atoms. The van der Waals surface area contributed by atoms with Crippen molar-refractivity contribution in [3.05, 3.63) is 33.7 Å². The van der Waals surface area contributed by atoms with Crippen LogP contribution in [0.1, 0.15) is 56.1 Å². The van der Waals surface area contributed by atoms with Crippen molar-refractivity contribution in [3.8, 4) is 0 Å². The molecule has 1 aromatic rings. The quantitative estimate of drug-likeness (QED) is 0.885. The number of piperidine rings is 1. The number of likely N-dealkylation sites (tertiary alicyclic amines) is 2. The maximum Gasteiger partial charge on any atom is 0.409 e. The van der Waals surface area contributed by atoms with Crippen LogP contribution < -0.4 is 5.56 Å². The number of rotatable bonds is 3. The summed E-state index contributed by atoms with van der Waals surface area (Å²) in [6.45, 7) is 8.19. The number of ether oxygens (including phenoxy) is 1. The van der Waals surface area contributed by atoms with E-state index in [0.717, 1.165) is 56.6 Å². The van der Waals surface area contributed by atoms with Gasteiger partial charge in [0, 0.05) is 30.9 Å². The summed E-state index contributed by atoms with van der Waals surface area (Å²) in [5.74, 6) is 0.381. The number of aromatic amines is 1. The molecular formula is C21H31N3O3. The third kappa shape index (κ3) is 3.51. The molecule has 148 valence electrons. The van der Waals surface area contributed by atoms with Crippen molar-refractivity contribution in [2.24, 2.45) is 5.41 Å². The molecule has 0 bridgehead atoms. The van der Waals surface area contributed by atoms with Gasteiger partial charge in [-0.2, -0.15) is 0 Å². The third-order valence-corrected chi connectivity index (χ3v) is 6.97. The predicted molar refractivity (Wildman–Crippen MR) is 104 cm³/mol. The molecule has 1 amide bonds. The number of carbonyl (C=O) groups excluding carboxylic acids is 1. The van der Waals surface area contributed by atoms with Crippen molar-refractivity contribution in [3.63, 3.8) is 0 Å². The van der Waals surface area contributed by atoms with Gasteiger partial charge in [-0.1, -0.05) is 0 Å². The van der Waals surface area contributed by atoms with Crippen LogP contribution in [0.5, 0.6) is 0 Å². The molecule has 0 unspecified atom stereocenters. The smallest absolute Gasteiger partial charge is 0.409 e. The maximum absolute atomic E-state index is 12.2. The summed E-state index contributed by atoms with van der Waals surface area (Å²) in [5.41, 5.74) is 2.51. The molecule has 0 atom stereocenters. The monoisotopic (exact) mass is 373 g/mol. The molecule has 3 heterocycles. The van der Waals surface area contributed by atoms with Crippen LogP contribution in [0.2, 0.25) is 0 Å². The summed E-state index contributed by atoms with van der Waals surface area (Å²) >= 11 is 0. The number of hydrogen-bond donors (Lipinski definition) is 1. The van der Waals surface area contributed by atoms with E-state index >= 15 is 0 Å². The second-order valence-electron chi connectivity index (χ2n) is 8.65. The number of aromatic nitrogens is 1. The van der Waals surface area contributed by atoms with Crippen molar-refractivity contribution < 1.29 is 9.53 Å². The average Bonchev–Trinajstić information content (AvgIpc) is 3.07. The highest BCUT2D eigenvalue weighted by atomic mass is 16.6. The van der Waals surface area contributed by atoms with E-state index in [0.29, 0.717) is 24.0 Å². The lowest BCUT2D eigenvalue weighted by molar-refractivity contribution is -0.00479. The first-order chi connectivity index (χ1) is 13.0. The molecule has 1 aromatic heterocycles. The van der Waals surface area contributed by atoms with Gasteiger partial charge >= 0.3 is 6.09 Å². The Balaban J connectivity index is 1.29. The largest absolute Gasteiger partial charge is 0.450 e. The van der Waals surface area contributed by atoms with Crippen molar-refractivity contribution in [2.75, 3.05) is 32.8 Å². The Bertz CT molecular complexity index is 745. The summed E-state index contributed by atoms with van der Waals surface area (Å²) in [7, 11) is 0. The van der Waals surface area contributed by atoms with Crippen LogP contribution in [0, 0.1) is 12.3 Å². The molecular weight excluding hydrogens is 342 g/mol. The Labute approximate surface area is 160 Å². The number of hydrogen-bond acceptors (Lipinski definition) is 4. The molecule has 2 aliphatic heterocycles. The Morgan fingerprint density at radius 3 is 2.70 bits per heavy atom. The zero-order valence-corrected chi connectivity index (χ0v) is 16.5. The molecule has 0 radical (unpaired) electrons. The minimum atomic E-state index is -0.151. The van der Waals surface area contributed by atoms with Gasteiger partial charge in [0.15, 0.2) is 0 Å². The number of amides is 1. The topological polar surface area (TPSA) is 65.6 Å². The zero-order chi connectivity index (χ0) is 19.0. The van der Waals surface area contributed by atoms with Gasteiger partial charge in [0.2, 0.25) is 0 Å². The minimum absolute atomic E-state index is 0.0843. The van der Waals surface area contributed by atoms with Gasteiger partial charge < -0.3 is 19.5 Å². The third-order valence-electron chi connectivity index (χ3n) is 6.97. The predicted octanol–water partition coefficient (Wildman–Crippen LogP) is 2.87. The summed E-state index contributed by atoms with van der Waals surface area (Å²) in [6.07, 6.45) is 7.21. The number of aryl methyl sites for hydroxylation is 1. The second-order valence-corrected chi connectivity index (χ2v) is 8.65.